The van der Waals surface area contributed by atoms with Crippen LogP contribution in [0.1, 0.15) is 29.3 Å². The van der Waals surface area contributed by atoms with Gasteiger partial charge in [0.15, 0.2) is 0 Å². The summed E-state index contributed by atoms with van der Waals surface area (Å²) in [6.45, 7) is 3.32. The number of amides is 2. The van der Waals surface area contributed by atoms with Gasteiger partial charge in [0.05, 0.1) is 17.6 Å². The third kappa shape index (κ3) is 4.41. The van der Waals surface area contributed by atoms with Gasteiger partial charge >= 0.3 is 0 Å². The van der Waals surface area contributed by atoms with Crippen LogP contribution in [0.25, 0.3) is 11.1 Å². The highest BCUT2D eigenvalue weighted by Crippen LogP contribution is 2.36. The summed E-state index contributed by atoms with van der Waals surface area (Å²) in [5.74, 6) is 0.474. The van der Waals surface area contributed by atoms with E-state index >= 15 is 0 Å². The van der Waals surface area contributed by atoms with Crippen LogP contribution in [0.2, 0.25) is 0 Å². The molecule has 0 bridgehead atoms. The lowest BCUT2D eigenvalue weighted by molar-refractivity contribution is -0.129. The summed E-state index contributed by atoms with van der Waals surface area (Å²) >= 11 is 1.68. The van der Waals surface area contributed by atoms with Gasteiger partial charge in [-0.3, -0.25) is 9.59 Å². The van der Waals surface area contributed by atoms with Crippen LogP contribution < -0.4 is 10.1 Å². The van der Waals surface area contributed by atoms with E-state index in [1.807, 2.05) is 25.1 Å². The fraction of sp³-hybridized carbons (Fsp3) is 0.308. The molecule has 1 saturated heterocycles. The fourth-order valence-electron chi connectivity index (χ4n) is 4.45. The van der Waals surface area contributed by atoms with E-state index in [2.05, 4.69) is 46.4 Å². The molecule has 1 aliphatic rings. The molecule has 3 aromatic rings. The molecule has 1 N–H and O–H groups in total. The quantitative estimate of drug-likeness (QED) is 0.573. The highest BCUT2D eigenvalue weighted by molar-refractivity contribution is 7.08. The summed E-state index contributed by atoms with van der Waals surface area (Å²) in [4.78, 5) is 28.1. The summed E-state index contributed by atoms with van der Waals surface area (Å²) in [7, 11) is 1.67. The van der Waals surface area contributed by atoms with Crippen molar-refractivity contribution < 1.29 is 14.3 Å². The van der Waals surface area contributed by atoms with E-state index in [1.54, 1.807) is 29.4 Å². The number of likely N-dealkylation sites (tertiary alicyclic amines) is 1. The number of thiophene rings is 1. The second kappa shape index (κ2) is 9.57. The smallest absolute Gasteiger partial charge is 0.257 e. The van der Waals surface area contributed by atoms with Crippen LogP contribution in [0.4, 0.5) is 0 Å². The van der Waals surface area contributed by atoms with E-state index in [4.69, 9.17) is 4.74 Å². The SMILES string of the molecule is CCOc1ccccc1C(=O)N1CCC(Cc2ccc(-c3ccsc3)cc2)(C(=O)NC)C1. The van der Waals surface area contributed by atoms with Gasteiger partial charge in [0.25, 0.3) is 5.91 Å². The molecule has 1 aliphatic heterocycles. The van der Waals surface area contributed by atoms with Crippen molar-refractivity contribution in [3.8, 4) is 16.9 Å². The van der Waals surface area contributed by atoms with Crippen LogP contribution in [0, 0.1) is 5.41 Å². The average Bonchev–Trinajstić information content (AvgIpc) is 3.51. The van der Waals surface area contributed by atoms with Crippen molar-refractivity contribution >= 4 is 23.2 Å². The van der Waals surface area contributed by atoms with Crippen molar-refractivity contribution in [2.75, 3.05) is 26.7 Å². The summed E-state index contributed by atoms with van der Waals surface area (Å²) in [5, 5.41) is 7.03. The fourth-order valence-corrected chi connectivity index (χ4v) is 5.12. The Morgan fingerprint density at radius 1 is 1.09 bits per heavy atom. The molecule has 0 radical (unpaired) electrons. The minimum absolute atomic E-state index is 0.0206. The molecular weight excluding hydrogens is 420 g/mol. The maximum atomic E-state index is 13.3. The number of rotatable bonds is 7. The molecule has 4 rings (SSSR count). The van der Waals surface area contributed by atoms with E-state index in [0.29, 0.717) is 43.9 Å². The number of ether oxygens (including phenoxy) is 1. The molecule has 2 heterocycles. The van der Waals surface area contributed by atoms with Gasteiger partial charge in [0, 0.05) is 20.1 Å². The maximum Gasteiger partial charge on any atom is 0.257 e. The van der Waals surface area contributed by atoms with Crippen LogP contribution in [0.15, 0.2) is 65.4 Å². The van der Waals surface area contributed by atoms with Gasteiger partial charge in [0.2, 0.25) is 5.91 Å². The average molecular weight is 449 g/mol. The molecule has 32 heavy (non-hydrogen) atoms. The molecule has 0 aliphatic carbocycles. The monoisotopic (exact) mass is 448 g/mol. The first-order chi connectivity index (χ1) is 15.6. The molecule has 6 heteroatoms. The van der Waals surface area contributed by atoms with E-state index in [0.717, 1.165) is 5.56 Å². The molecule has 5 nitrogen and oxygen atoms in total. The molecule has 1 unspecified atom stereocenters. The van der Waals surface area contributed by atoms with Crippen LogP contribution in [-0.2, 0) is 11.2 Å². The number of hydrogen-bond acceptors (Lipinski definition) is 4. The van der Waals surface area contributed by atoms with E-state index in [9.17, 15) is 9.59 Å². The molecule has 2 amide bonds. The molecule has 1 atom stereocenters. The Labute approximate surface area is 193 Å². The Kier molecular flexibility index (Phi) is 6.61. The molecular formula is C26H28N2O3S. The third-order valence-electron chi connectivity index (χ3n) is 6.12. The van der Waals surface area contributed by atoms with Crippen LogP contribution >= 0.6 is 11.3 Å². The first kappa shape index (κ1) is 22.1. The second-order valence-electron chi connectivity index (χ2n) is 8.15. The van der Waals surface area contributed by atoms with Crippen molar-refractivity contribution in [3.63, 3.8) is 0 Å². The Morgan fingerprint density at radius 2 is 1.88 bits per heavy atom. The minimum atomic E-state index is -0.644. The maximum absolute atomic E-state index is 13.3. The Balaban J connectivity index is 1.54. The zero-order valence-electron chi connectivity index (χ0n) is 18.5. The summed E-state index contributed by atoms with van der Waals surface area (Å²) in [6.07, 6.45) is 1.22. The Morgan fingerprint density at radius 3 is 2.56 bits per heavy atom. The Bertz CT molecular complexity index is 1080. The van der Waals surface area contributed by atoms with Gasteiger partial charge in [-0.15, -0.1) is 0 Å². The van der Waals surface area contributed by atoms with Gasteiger partial charge in [-0.1, -0.05) is 36.4 Å². The lowest BCUT2D eigenvalue weighted by atomic mass is 9.79. The van der Waals surface area contributed by atoms with E-state index in [-0.39, 0.29) is 11.8 Å². The summed E-state index contributed by atoms with van der Waals surface area (Å²) < 4.78 is 5.65. The van der Waals surface area contributed by atoms with Crippen molar-refractivity contribution in [1.82, 2.24) is 10.2 Å². The number of carbonyl (C=O) groups excluding carboxylic acids is 2. The van der Waals surface area contributed by atoms with Crippen LogP contribution in [-0.4, -0.2) is 43.5 Å². The largest absolute Gasteiger partial charge is 0.493 e. The predicted octanol–water partition coefficient (Wildman–Crippen LogP) is 4.63. The molecule has 2 aromatic carbocycles. The normalized spacial score (nSPS) is 17.9. The second-order valence-corrected chi connectivity index (χ2v) is 8.93. The summed E-state index contributed by atoms with van der Waals surface area (Å²) in [6, 6.07) is 17.8. The molecule has 1 aromatic heterocycles. The lowest BCUT2D eigenvalue weighted by Gasteiger charge is -2.28. The van der Waals surface area contributed by atoms with Gasteiger partial charge in [0.1, 0.15) is 5.75 Å². The van der Waals surface area contributed by atoms with E-state index in [1.165, 1.54) is 11.1 Å². The number of nitrogens with one attached hydrogen (secondary N) is 1. The minimum Gasteiger partial charge on any atom is -0.493 e. The number of benzene rings is 2. The van der Waals surface area contributed by atoms with Crippen molar-refractivity contribution in [2.45, 2.75) is 19.8 Å². The van der Waals surface area contributed by atoms with Crippen molar-refractivity contribution in [3.05, 3.63) is 76.5 Å². The molecule has 1 fully saturated rings. The number of carbonyl (C=O) groups is 2. The van der Waals surface area contributed by atoms with Gasteiger partial charge in [-0.05, 0) is 65.4 Å². The molecule has 166 valence electrons. The number of para-hydroxylation sites is 1. The molecule has 0 saturated carbocycles. The van der Waals surface area contributed by atoms with E-state index < -0.39 is 5.41 Å². The van der Waals surface area contributed by atoms with Gasteiger partial charge in [-0.25, -0.2) is 0 Å². The van der Waals surface area contributed by atoms with Crippen LogP contribution in [0.3, 0.4) is 0 Å². The van der Waals surface area contributed by atoms with Gasteiger partial charge < -0.3 is 15.0 Å². The highest BCUT2D eigenvalue weighted by Gasteiger charge is 2.46. The number of nitrogens with zero attached hydrogens (tertiary/aromatic N) is 1. The Hall–Kier alpha value is -3.12. The predicted molar refractivity (Wildman–Crippen MR) is 128 cm³/mol. The zero-order chi connectivity index (χ0) is 22.6. The van der Waals surface area contributed by atoms with Gasteiger partial charge in [-0.2, -0.15) is 11.3 Å². The zero-order valence-corrected chi connectivity index (χ0v) is 19.3. The topological polar surface area (TPSA) is 58.6 Å². The summed E-state index contributed by atoms with van der Waals surface area (Å²) in [5.41, 5.74) is 3.36. The third-order valence-corrected chi connectivity index (χ3v) is 6.80. The van der Waals surface area contributed by atoms with Crippen molar-refractivity contribution in [2.24, 2.45) is 5.41 Å². The highest BCUT2D eigenvalue weighted by atomic mass is 32.1. The van der Waals surface area contributed by atoms with Crippen LogP contribution in [0.5, 0.6) is 5.75 Å². The number of hydrogen-bond donors (Lipinski definition) is 1. The molecule has 0 spiro atoms. The first-order valence-electron chi connectivity index (χ1n) is 10.9. The first-order valence-corrected chi connectivity index (χ1v) is 11.9. The van der Waals surface area contributed by atoms with Crippen molar-refractivity contribution in [1.29, 1.82) is 0 Å². The lowest BCUT2D eigenvalue weighted by Crippen LogP contribution is -2.44. The standard InChI is InChI=1S/C26H28N2O3S/c1-3-31-23-7-5-4-6-22(23)24(29)28-14-13-26(18-28,25(30)27-2)16-19-8-10-20(11-9-19)21-12-15-32-17-21/h4-12,15,17H,3,13-14,16,18H2,1-2H3,(H,27,30).